The Labute approximate surface area is 115 Å². The molecule has 0 saturated carbocycles. The Morgan fingerprint density at radius 3 is 2.20 bits per heavy atom. The van der Waals surface area contributed by atoms with E-state index in [-0.39, 0.29) is 12.5 Å². The fourth-order valence-corrected chi connectivity index (χ4v) is 2.34. The number of nitrogens with one attached hydrogen (secondary N) is 1. The van der Waals surface area contributed by atoms with Crippen LogP contribution in [-0.2, 0) is 17.6 Å². The lowest BCUT2D eigenvalue weighted by atomic mass is 10.0. The van der Waals surface area contributed by atoms with Crippen LogP contribution in [0.1, 0.15) is 11.1 Å². The molecule has 0 bridgehead atoms. The molecule has 0 aliphatic carbocycles. The van der Waals surface area contributed by atoms with E-state index in [1.54, 1.807) is 4.90 Å². The van der Waals surface area contributed by atoms with Crippen LogP contribution >= 0.6 is 0 Å². The molecule has 1 N–H and O–H groups in total. The third kappa shape index (κ3) is 4.23. The first-order valence-corrected chi connectivity index (χ1v) is 6.58. The number of alkyl halides is 3. The van der Waals surface area contributed by atoms with Gasteiger partial charge in [-0.1, -0.05) is 24.3 Å². The monoisotopic (exact) mass is 286 g/mol. The van der Waals surface area contributed by atoms with Crippen LogP contribution in [0.3, 0.4) is 0 Å². The van der Waals surface area contributed by atoms with Crippen LogP contribution in [-0.4, -0.2) is 43.2 Å². The Hall–Kier alpha value is -1.56. The average Bonchev–Trinajstić information content (AvgIpc) is 2.59. The molecular weight excluding hydrogens is 269 g/mol. The predicted molar refractivity (Wildman–Crippen MR) is 69.4 cm³/mol. The number of amides is 1. The largest absolute Gasteiger partial charge is 0.401 e. The van der Waals surface area contributed by atoms with Crippen molar-refractivity contribution in [2.75, 3.05) is 26.2 Å². The van der Waals surface area contributed by atoms with Crippen molar-refractivity contribution < 1.29 is 18.0 Å². The van der Waals surface area contributed by atoms with Crippen molar-refractivity contribution in [1.82, 2.24) is 10.2 Å². The van der Waals surface area contributed by atoms with Crippen LogP contribution in [0.25, 0.3) is 0 Å². The van der Waals surface area contributed by atoms with Crippen LogP contribution in [0.15, 0.2) is 24.3 Å². The van der Waals surface area contributed by atoms with Gasteiger partial charge in [0.1, 0.15) is 0 Å². The molecule has 1 aliphatic rings. The standard InChI is InChI=1S/C14H17F3N2O/c15-14(16,17)10-18-9-13(20)19-7-5-11-3-1-2-4-12(11)6-8-19/h1-4,18H,5-10H2. The number of hydrogen-bond acceptors (Lipinski definition) is 2. The molecule has 0 atom stereocenters. The van der Waals surface area contributed by atoms with Gasteiger partial charge in [0.15, 0.2) is 0 Å². The van der Waals surface area contributed by atoms with Crippen LogP contribution in [0.2, 0.25) is 0 Å². The second-order valence-electron chi connectivity index (χ2n) is 4.87. The number of rotatable bonds is 3. The van der Waals surface area contributed by atoms with Crippen LogP contribution in [0.4, 0.5) is 13.2 Å². The number of benzene rings is 1. The number of carbonyl (C=O) groups is 1. The van der Waals surface area contributed by atoms with Gasteiger partial charge in [0, 0.05) is 13.1 Å². The second-order valence-corrected chi connectivity index (χ2v) is 4.87. The molecule has 6 heteroatoms. The average molecular weight is 286 g/mol. The van der Waals surface area contributed by atoms with Crippen molar-refractivity contribution >= 4 is 5.91 Å². The van der Waals surface area contributed by atoms with Gasteiger partial charge in [-0.05, 0) is 24.0 Å². The quantitative estimate of drug-likeness (QED) is 0.918. The van der Waals surface area contributed by atoms with E-state index in [0.29, 0.717) is 13.1 Å². The van der Waals surface area contributed by atoms with E-state index in [4.69, 9.17) is 0 Å². The van der Waals surface area contributed by atoms with E-state index < -0.39 is 12.7 Å². The minimum Gasteiger partial charge on any atom is -0.341 e. The van der Waals surface area contributed by atoms with Gasteiger partial charge >= 0.3 is 6.18 Å². The van der Waals surface area contributed by atoms with Gasteiger partial charge < -0.3 is 10.2 Å². The fourth-order valence-electron chi connectivity index (χ4n) is 2.34. The van der Waals surface area contributed by atoms with E-state index in [1.807, 2.05) is 24.3 Å². The highest BCUT2D eigenvalue weighted by molar-refractivity contribution is 5.78. The van der Waals surface area contributed by atoms with E-state index >= 15 is 0 Å². The molecular formula is C14H17F3N2O. The van der Waals surface area contributed by atoms with Crippen molar-refractivity contribution in [2.24, 2.45) is 0 Å². The molecule has 1 heterocycles. The lowest BCUT2D eigenvalue weighted by Crippen LogP contribution is -2.42. The zero-order valence-electron chi connectivity index (χ0n) is 11.0. The maximum atomic E-state index is 12.0. The number of hydrogen-bond donors (Lipinski definition) is 1. The summed E-state index contributed by atoms with van der Waals surface area (Å²) >= 11 is 0. The fraction of sp³-hybridized carbons (Fsp3) is 0.500. The third-order valence-electron chi connectivity index (χ3n) is 3.37. The molecule has 1 amide bonds. The summed E-state index contributed by atoms with van der Waals surface area (Å²) in [5.41, 5.74) is 2.43. The molecule has 0 spiro atoms. The van der Waals surface area contributed by atoms with Crippen LogP contribution < -0.4 is 5.32 Å². The smallest absolute Gasteiger partial charge is 0.341 e. The minimum absolute atomic E-state index is 0.268. The highest BCUT2D eigenvalue weighted by Crippen LogP contribution is 2.15. The molecule has 1 aliphatic heterocycles. The van der Waals surface area contributed by atoms with Gasteiger partial charge in [-0.3, -0.25) is 4.79 Å². The second kappa shape index (κ2) is 6.26. The number of carbonyl (C=O) groups excluding carboxylic acids is 1. The van der Waals surface area contributed by atoms with E-state index in [1.165, 1.54) is 11.1 Å². The normalized spacial score (nSPS) is 15.7. The topological polar surface area (TPSA) is 32.3 Å². The zero-order valence-corrected chi connectivity index (χ0v) is 11.0. The van der Waals surface area contributed by atoms with Gasteiger partial charge in [-0.2, -0.15) is 13.2 Å². The molecule has 0 saturated heterocycles. The highest BCUT2D eigenvalue weighted by Gasteiger charge is 2.27. The molecule has 0 radical (unpaired) electrons. The molecule has 1 aromatic carbocycles. The molecule has 2 rings (SSSR count). The summed E-state index contributed by atoms with van der Waals surface area (Å²) in [7, 11) is 0. The molecule has 110 valence electrons. The van der Waals surface area contributed by atoms with Crippen LogP contribution in [0.5, 0.6) is 0 Å². The highest BCUT2D eigenvalue weighted by atomic mass is 19.4. The molecule has 1 aromatic rings. The van der Waals surface area contributed by atoms with E-state index in [0.717, 1.165) is 12.8 Å². The van der Waals surface area contributed by atoms with Crippen molar-refractivity contribution in [3.05, 3.63) is 35.4 Å². The van der Waals surface area contributed by atoms with E-state index in [2.05, 4.69) is 5.32 Å². The predicted octanol–water partition coefficient (Wildman–Crippen LogP) is 1.77. The summed E-state index contributed by atoms with van der Waals surface area (Å²) in [5, 5.41) is 2.15. The summed E-state index contributed by atoms with van der Waals surface area (Å²) in [6.45, 7) is -0.282. The third-order valence-corrected chi connectivity index (χ3v) is 3.37. The van der Waals surface area contributed by atoms with Gasteiger partial charge in [-0.15, -0.1) is 0 Å². The Kier molecular flexibility index (Phi) is 4.65. The summed E-state index contributed by atoms with van der Waals surface area (Å²) in [5.74, 6) is -0.276. The maximum Gasteiger partial charge on any atom is 0.401 e. The molecule has 20 heavy (non-hydrogen) atoms. The Morgan fingerprint density at radius 2 is 1.70 bits per heavy atom. The number of nitrogens with zero attached hydrogens (tertiary/aromatic N) is 1. The maximum absolute atomic E-state index is 12.0. The van der Waals surface area contributed by atoms with Crippen molar-refractivity contribution in [2.45, 2.75) is 19.0 Å². The molecule has 0 fully saturated rings. The summed E-state index contributed by atoms with van der Waals surface area (Å²) in [4.78, 5) is 13.5. The van der Waals surface area contributed by atoms with Crippen molar-refractivity contribution in [3.8, 4) is 0 Å². The van der Waals surface area contributed by atoms with Crippen molar-refractivity contribution in [3.63, 3.8) is 0 Å². The lowest BCUT2D eigenvalue weighted by Gasteiger charge is -2.20. The first-order chi connectivity index (χ1) is 9.46. The molecule has 3 nitrogen and oxygen atoms in total. The first kappa shape index (κ1) is 14.8. The summed E-state index contributed by atoms with van der Waals surface area (Å²) in [6.07, 6.45) is -2.78. The lowest BCUT2D eigenvalue weighted by molar-refractivity contribution is -0.134. The zero-order chi connectivity index (χ0) is 14.6. The van der Waals surface area contributed by atoms with Gasteiger partial charge in [0.2, 0.25) is 5.91 Å². The summed E-state index contributed by atoms with van der Waals surface area (Å²) < 4.78 is 36.0. The molecule has 0 aromatic heterocycles. The van der Waals surface area contributed by atoms with Gasteiger partial charge in [0.05, 0.1) is 13.1 Å². The first-order valence-electron chi connectivity index (χ1n) is 6.58. The Balaban J connectivity index is 1.84. The van der Waals surface area contributed by atoms with Gasteiger partial charge in [-0.25, -0.2) is 0 Å². The Morgan fingerprint density at radius 1 is 1.15 bits per heavy atom. The van der Waals surface area contributed by atoms with Crippen LogP contribution in [0, 0.1) is 0 Å². The number of fused-ring (bicyclic) bond motifs is 1. The van der Waals surface area contributed by atoms with Gasteiger partial charge in [0.25, 0.3) is 0 Å². The van der Waals surface area contributed by atoms with E-state index in [9.17, 15) is 18.0 Å². The Bertz CT molecular complexity index is 447. The number of halogens is 3. The SMILES string of the molecule is O=C(CNCC(F)(F)F)N1CCc2ccccc2CC1. The molecule has 0 unspecified atom stereocenters. The van der Waals surface area contributed by atoms with Crippen molar-refractivity contribution in [1.29, 1.82) is 0 Å². The minimum atomic E-state index is -4.28. The summed E-state index contributed by atoms with van der Waals surface area (Å²) in [6, 6.07) is 7.98.